The molecule has 6 N–H and O–H groups in total. The molecule has 0 bridgehead atoms. The molecule has 170 valence electrons. The molecule has 0 atom stereocenters. The van der Waals surface area contributed by atoms with Crippen LogP contribution in [0.1, 0.15) is 119 Å². The van der Waals surface area contributed by atoms with Crippen LogP contribution in [0.4, 0.5) is 9.59 Å². The van der Waals surface area contributed by atoms with Crippen molar-refractivity contribution < 1.29 is 14.4 Å². The maximum Gasteiger partial charge on any atom is 0.320 e. The van der Waals surface area contributed by atoms with E-state index in [-0.39, 0.29) is 0 Å². The Hall–Kier alpha value is -1.88. The third-order valence-electron chi connectivity index (χ3n) is 3.12. The van der Waals surface area contributed by atoms with Crippen molar-refractivity contribution in [2.24, 2.45) is 11.5 Å². The van der Waals surface area contributed by atoms with E-state index in [9.17, 15) is 9.59 Å². The first-order valence-corrected chi connectivity index (χ1v) is 10.7. The molecule has 0 unspecified atom stereocenters. The van der Waals surface area contributed by atoms with Gasteiger partial charge in [0, 0.05) is 0 Å². The lowest BCUT2D eigenvalue weighted by molar-refractivity contribution is 0.236. The molecule has 0 aromatic heterocycles. The summed E-state index contributed by atoms with van der Waals surface area (Å²) in [5, 5.41) is 6.99. The second-order valence-electron chi connectivity index (χ2n) is 6.08. The molecule has 28 heavy (non-hydrogen) atoms. The largest absolute Gasteiger partial charge is 0.351 e. The quantitative estimate of drug-likeness (QED) is 0.201. The molecule has 0 aliphatic carbocycles. The van der Waals surface area contributed by atoms with E-state index >= 15 is 0 Å². The average molecular weight is 405 g/mol. The number of isocyanates is 1. The Morgan fingerprint density at radius 2 is 0.786 bits per heavy atom. The van der Waals surface area contributed by atoms with Crippen LogP contribution in [0.2, 0.25) is 0 Å². The molecule has 0 fully saturated rings. The number of hydrogen-bond donors (Lipinski definition) is 4. The van der Waals surface area contributed by atoms with Gasteiger partial charge in [0.15, 0.2) is 0 Å². The monoisotopic (exact) mass is 404 g/mol. The van der Waals surface area contributed by atoms with Crippen LogP contribution in [0, 0.1) is 5.41 Å². The number of urea groups is 2. The molecule has 0 aliphatic heterocycles. The number of carbonyl (C=O) groups is 2. The van der Waals surface area contributed by atoms with Crippen molar-refractivity contribution in [3.8, 4) is 0 Å². The van der Waals surface area contributed by atoms with Crippen molar-refractivity contribution in [3.05, 3.63) is 0 Å². The van der Waals surface area contributed by atoms with Gasteiger partial charge in [0.1, 0.15) is 0 Å². The van der Waals surface area contributed by atoms with Gasteiger partial charge < -0.3 is 11.5 Å². The lowest BCUT2D eigenvalue weighted by Gasteiger charge is -1.88. The van der Waals surface area contributed by atoms with Crippen LogP contribution < -0.4 is 16.8 Å². The molecule has 7 nitrogen and oxygen atoms in total. The minimum Gasteiger partial charge on any atom is -0.351 e. The highest BCUT2D eigenvalue weighted by Crippen LogP contribution is 1.96. The maximum atomic E-state index is 9.62. The number of amides is 4. The molecule has 0 radical (unpaired) electrons. The van der Waals surface area contributed by atoms with Crippen LogP contribution in [-0.2, 0) is 4.79 Å². The van der Waals surface area contributed by atoms with Gasteiger partial charge in [0.05, 0.1) is 0 Å². The van der Waals surface area contributed by atoms with E-state index in [1.807, 2.05) is 0 Å². The van der Waals surface area contributed by atoms with Crippen LogP contribution in [0.5, 0.6) is 0 Å². The predicted molar refractivity (Wildman–Crippen MR) is 120 cm³/mol. The van der Waals surface area contributed by atoms with Gasteiger partial charge in [0.25, 0.3) is 0 Å². The molecule has 4 amide bonds. The van der Waals surface area contributed by atoms with Crippen LogP contribution in [0.3, 0.4) is 0 Å². The second-order valence-corrected chi connectivity index (χ2v) is 6.08. The second kappa shape index (κ2) is 44.5. The third-order valence-corrected chi connectivity index (χ3v) is 3.12. The topological polar surface area (TPSA) is 139 Å². The van der Waals surface area contributed by atoms with Crippen molar-refractivity contribution in [1.29, 1.82) is 5.41 Å². The van der Waals surface area contributed by atoms with E-state index in [0.29, 0.717) is 0 Å². The number of nitrogens with one attached hydrogen (secondary N) is 2. The highest BCUT2D eigenvalue weighted by Gasteiger charge is 1.92. The summed E-state index contributed by atoms with van der Waals surface area (Å²) in [5.41, 5.74) is 8.88. The van der Waals surface area contributed by atoms with E-state index < -0.39 is 12.1 Å². The molecule has 0 aromatic carbocycles. The van der Waals surface area contributed by atoms with Crippen molar-refractivity contribution >= 4 is 18.1 Å². The molecular weight excluding hydrogens is 356 g/mol. The zero-order valence-electron chi connectivity index (χ0n) is 19.4. The summed E-state index contributed by atoms with van der Waals surface area (Å²) >= 11 is 0. The molecule has 0 saturated heterocycles. The molecule has 0 saturated carbocycles. The summed E-state index contributed by atoms with van der Waals surface area (Å²) in [5.74, 6) is 0. The minimum atomic E-state index is -0.938. The molecule has 0 aliphatic rings. The number of rotatable bonds is 9. The Morgan fingerprint density at radius 1 is 0.643 bits per heavy atom. The van der Waals surface area contributed by atoms with Gasteiger partial charge in [-0.05, 0) is 0 Å². The third kappa shape index (κ3) is 104. The van der Waals surface area contributed by atoms with Gasteiger partial charge in [-0.2, -0.15) is 0 Å². The number of primary amides is 2. The minimum absolute atomic E-state index is 0.750. The zero-order valence-corrected chi connectivity index (χ0v) is 19.4. The highest BCUT2D eigenvalue weighted by atomic mass is 16.2. The molecule has 0 rings (SSSR count). The lowest BCUT2D eigenvalue weighted by atomic mass is 10.2. The lowest BCUT2D eigenvalue weighted by Crippen LogP contribution is -2.38. The van der Waals surface area contributed by atoms with Gasteiger partial charge in [-0.3, -0.25) is 5.32 Å². The van der Waals surface area contributed by atoms with Crippen LogP contribution in [0.25, 0.3) is 0 Å². The Balaban J connectivity index is -0.0000000803. The van der Waals surface area contributed by atoms with E-state index in [1.54, 1.807) is 5.32 Å². The Kier molecular flexibility index (Phi) is 58.7. The van der Waals surface area contributed by atoms with Crippen LogP contribution in [-0.4, -0.2) is 18.1 Å². The summed E-state index contributed by atoms with van der Waals surface area (Å²) in [6.45, 7) is 13.4. The smallest absolute Gasteiger partial charge is 0.320 e. The number of nitrogens with two attached hydrogens (primary N) is 2. The first-order chi connectivity index (χ1) is 13.3. The van der Waals surface area contributed by atoms with Gasteiger partial charge in [-0.15, -0.1) is 0 Å². The van der Waals surface area contributed by atoms with Crippen molar-refractivity contribution in [2.75, 3.05) is 0 Å². The number of imide groups is 1. The Labute approximate surface area is 173 Å². The molecule has 0 aromatic rings. The SMILES string of the molecule is CCCCCC.CCCCCC.CCCCCC.N=C=O.NC(=O)NC(N)=O. The molecule has 0 heterocycles. The average Bonchev–Trinajstić information content (AvgIpc) is 2.64. The summed E-state index contributed by atoms with van der Waals surface area (Å²) in [7, 11) is 0. The van der Waals surface area contributed by atoms with Gasteiger partial charge in [-0.25, -0.2) is 19.8 Å². The first-order valence-electron chi connectivity index (χ1n) is 10.7. The van der Waals surface area contributed by atoms with Crippen molar-refractivity contribution in [2.45, 2.75) is 119 Å². The predicted octanol–water partition coefficient (Wildman–Crippen LogP) is 6.39. The number of carbonyl (C=O) groups excluding carboxylic acids is 3. The summed E-state index contributed by atoms with van der Waals surface area (Å²) in [6, 6.07) is -1.88. The normalized spacial score (nSPS) is 7.93. The summed E-state index contributed by atoms with van der Waals surface area (Å²) in [6.07, 6.45) is 17.4. The van der Waals surface area contributed by atoms with E-state index in [4.69, 9.17) is 10.2 Å². The molecule has 0 spiro atoms. The van der Waals surface area contributed by atoms with Crippen molar-refractivity contribution in [1.82, 2.24) is 5.32 Å². The van der Waals surface area contributed by atoms with Crippen LogP contribution >= 0.6 is 0 Å². The van der Waals surface area contributed by atoms with Crippen molar-refractivity contribution in [3.63, 3.8) is 0 Å². The zero-order chi connectivity index (χ0) is 23.1. The maximum absolute atomic E-state index is 9.62. The number of hydrogen-bond acceptors (Lipinski definition) is 4. The molecule has 7 heteroatoms. The fourth-order valence-electron chi connectivity index (χ4n) is 1.62. The van der Waals surface area contributed by atoms with E-state index in [2.05, 4.69) is 53.0 Å². The Bertz CT molecular complexity index is 276. The fraction of sp³-hybridized carbons (Fsp3) is 0.857. The van der Waals surface area contributed by atoms with Gasteiger partial charge in [-0.1, -0.05) is 119 Å². The molecular formula is C21H48N4O3. The summed E-state index contributed by atoms with van der Waals surface area (Å²) in [4.78, 5) is 27.6. The van der Waals surface area contributed by atoms with E-state index in [1.165, 1.54) is 77.0 Å². The number of unbranched alkanes of at least 4 members (excludes halogenated alkanes) is 9. The standard InChI is InChI=1S/3C6H14.C2H5N3O2.CHNO/c3*1-3-5-6-4-2;3-1(6)5-2(4)7;2-1-3/h3*3-6H2,1-2H3;(H5,3,4,5,6,7);2H. The highest BCUT2D eigenvalue weighted by molar-refractivity contribution is 5.91. The fourth-order valence-corrected chi connectivity index (χ4v) is 1.62. The first kappa shape index (κ1) is 37.0. The van der Waals surface area contributed by atoms with E-state index in [0.717, 1.165) is 6.08 Å². The summed E-state index contributed by atoms with van der Waals surface area (Å²) < 4.78 is 0. The Morgan fingerprint density at radius 3 is 0.821 bits per heavy atom. The van der Waals surface area contributed by atoms with Gasteiger partial charge >= 0.3 is 12.1 Å². The van der Waals surface area contributed by atoms with Gasteiger partial charge in [0.2, 0.25) is 6.08 Å². The van der Waals surface area contributed by atoms with Crippen LogP contribution in [0.15, 0.2) is 0 Å².